The van der Waals surface area contributed by atoms with Crippen LogP contribution in [0.4, 0.5) is 0 Å². The van der Waals surface area contributed by atoms with E-state index in [1.165, 1.54) is 22.3 Å². The van der Waals surface area contributed by atoms with Crippen molar-refractivity contribution in [3.8, 4) is 11.1 Å². The highest BCUT2D eigenvalue weighted by Gasteiger charge is 1.98. The van der Waals surface area contributed by atoms with E-state index in [1.54, 1.807) is 0 Å². The van der Waals surface area contributed by atoms with Gasteiger partial charge in [-0.2, -0.15) is 0 Å². The van der Waals surface area contributed by atoms with E-state index in [9.17, 15) is 0 Å². The van der Waals surface area contributed by atoms with Gasteiger partial charge in [0.25, 0.3) is 0 Å². The smallest absolute Gasteiger partial charge is 0.0716 e. The van der Waals surface area contributed by atoms with Crippen LogP contribution in [0, 0.1) is 6.92 Å². The molecule has 1 heteroatoms. The molecule has 0 unspecified atom stereocenters. The molecular formula is C16H18O. The third-order valence-electron chi connectivity index (χ3n) is 2.81. The number of ether oxygens (including phenoxy) is 1. The molecular weight excluding hydrogens is 208 g/mol. The van der Waals surface area contributed by atoms with Crippen LogP contribution in [0.3, 0.4) is 0 Å². The molecule has 17 heavy (non-hydrogen) atoms. The van der Waals surface area contributed by atoms with Crippen LogP contribution >= 0.6 is 0 Å². The minimum atomic E-state index is 0.699. The zero-order valence-electron chi connectivity index (χ0n) is 10.4. The second kappa shape index (κ2) is 5.65. The lowest BCUT2D eigenvalue weighted by Gasteiger charge is -2.05. The average Bonchev–Trinajstić information content (AvgIpc) is 2.38. The lowest BCUT2D eigenvalue weighted by Crippen LogP contribution is -1.91. The van der Waals surface area contributed by atoms with E-state index in [0.717, 1.165) is 6.61 Å². The van der Waals surface area contributed by atoms with Crippen LogP contribution in [0.5, 0.6) is 0 Å². The molecule has 2 rings (SSSR count). The summed E-state index contributed by atoms with van der Waals surface area (Å²) in [4.78, 5) is 0. The van der Waals surface area contributed by atoms with Gasteiger partial charge in [-0.15, -0.1) is 0 Å². The van der Waals surface area contributed by atoms with Crippen molar-refractivity contribution >= 4 is 0 Å². The van der Waals surface area contributed by atoms with E-state index in [1.807, 2.05) is 6.92 Å². The van der Waals surface area contributed by atoms with Gasteiger partial charge in [-0.25, -0.2) is 0 Å². The van der Waals surface area contributed by atoms with Crippen LogP contribution < -0.4 is 0 Å². The van der Waals surface area contributed by atoms with Gasteiger partial charge in [-0.3, -0.25) is 0 Å². The van der Waals surface area contributed by atoms with Gasteiger partial charge in [0.2, 0.25) is 0 Å². The van der Waals surface area contributed by atoms with Gasteiger partial charge < -0.3 is 4.74 Å². The highest BCUT2D eigenvalue weighted by Crippen LogP contribution is 2.20. The maximum atomic E-state index is 5.38. The Hall–Kier alpha value is -1.60. The largest absolute Gasteiger partial charge is 0.377 e. The van der Waals surface area contributed by atoms with Gasteiger partial charge in [-0.05, 0) is 30.5 Å². The number of hydrogen-bond donors (Lipinski definition) is 0. The third kappa shape index (κ3) is 3.18. The van der Waals surface area contributed by atoms with Gasteiger partial charge in [0.05, 0.1) is 6.61 Å². The molecule has 0 fully saturated rings. The summed E-state index contributed by atoms with van der Waals surface area (Å²) in [5, 5.41) is 0. The summed E-state index contributed by atoms with van der Waals surface area (Å²) in [6.45, 7) is 5.58. The summed E-state index contributed by atoms with van der Waals surface area (Å²) in [5.74, 6) is 0. The normalized spacial score (nSPS) is 10.5. The van der Waals surface area contributed by atoms with Gasteiger partial charge >= 0.3 is 0 Å². The summed E-state index contributed by atoms with van der Waals surface area (Å²) in [7, 11) is 0. The predicted molar refractivity (Wildman–Crippen MR) is 71.9 cm³/mol. The first-order valence-electron chi connectivity index (χ1n) is 6.03. The van der Waals surface area contributed by atoms with Gasteiger partial charge in [-0.1, -0.05) is 54.1 Å². The lowest BCUT2D eigenvalue weighted by atomic mass is 10.0. The van der Waals surface area contributed by atoms with Crippen molar-refractivity contribution < 1.29 is 4.74 Å². The van der Waals surface area contributed by atoms with Crippen LogP contribution in [0.25, 0.3) is 11.1 Å². The van der Waals surface area contributed by atoms with Crippen LogP contribution in [0.1, 0.15) is 18.1 Å². The van der Waals surface area contributed by atoms with Crippen molar-refractivity contribution in [1.82, 2.24) is 0 Å². The number of aryl methyl sites for hydroxylation is 1. The molecule has 88 valence electrons. The number of rotatable bonds is 4. The van der Waals surface area contributed by atoms with E-state index >= 15 is 0 Å². The Bertz CT molecular complexity index is 454. The van der Waals surface area contributed by atoms with E-state index < -0.39 is 0 Å². The molecule has 0 N–H and O–H groups in total. The Morgan fingerprint density at radius 3 is 1.88 bits per heavy atom. The molecule has 0 radical (unpaired) electrons. The molecule has 2 aromatic carbocycles. The second-order valence-electron chi connectivity index (χ2n) is 4.20. The summed E-state index contributed by atoms with van der Waals surface area (Å²) in [5.41, 5.74) is 5.04. The fraction of sp³-hybridized carbons (Fsp3) is 0.250. The summed E-state index contributed by atoms with van der Waals surface area (Å²) in [6.07, 6.45) is 0. The molecule has 2 aromatic rings. The molecule has 0 aliphatic carbocycles. The Morgan fingerprint density at radius 1 is 0.824 bits per heavy atom. The van der Waals surface area contributed by atoms with Crippen LogP contribution in [-0.4, -0.2) is 6.61 Å². The number of benzene rings is 2. The lowest BCUT2D eigenvalue weighted by molar-refractivity contribution is 0.134. The third-order valence-corrected chi connectivity index (χ3v) is 2.81. The first kappa shape index (κ1) is 11.9. The van der Waals surface area contributed by atoms with Crippen molar-refractivity contribution in [3.63, 3.8) is 0 Å². The molecule has 0 spiro atoms. The van der Waals surface area contributed by atoms with Crippen molar-refractivity contribution in [2.75, 3.05) is 6.61 Å². The molecule has 0 aliphatic rings. The van der Waals surface area contributed by atoms with E-state index in [-0.39, 0.29) is 0 Å². The van der Waals surface area contributed by atoms with Crippen LogP contribution in [0.15, 0.2) is 48.5 Å². The Kier molecular flexibility index (Phi) is 3.94. The first-order chi connectivity index (χ1) is 8.29. The molecule has 0 bridgehead atoms. The van der Waals surface area contributed by atoms with Crippen LogP contribution in [0.2, 0.25) is 0 Å². The van der Waals surface area contributed by atoms with Gasteiger partial charge in [0.15, 0.2) is 0 Å². The fourth-order valence-electron chi connectivity index (χ4n) is 1.76. The monoisotopic (exact) mass is 226 g/mol. The molecule has 0 heterocycles. The maximum absolute atomic E-state index is 5.38. The van der Waals surface area contributed by atoms with Gasteiger partial charge in [0, 0.05) is 6.61 Å². The summed E-state index contributed by atoms with van der Waals surface area (Å²) < 4.78 is 5.38. The molecule has 0 aliphatic heterocycles. The quantitative estimate of drug-likeness (QED) is 0.759. The molecule has 0 aromatic heterocycles. The van der Waals surface area contributed by atoms with Crippen molar-refractivity contribution in [1.29, 1.82) is 0 Å². The van der Waals surface area contributed by atoms with E-state index in [0.29, 0.717) is 6.61 Å². The maximum Gasteiger partial charge on any atom is 0.0716 e. The van der Waals surface area contributed by atoms with Gasteiger partial charge in [0.1, 0.15) is 0 Å². The highest BCUT2D eigenvalue weighted by atomic mass is 16.5. The minimum absolute atomic E-state index is 0.699. The Labute approximate surface area is 103 Å². The first-order valence-corrected chi connectivity index (χ1v) is 6.03. The standard InChI is InChI=1S/C16H18O/c1-3-17-12-14-6-10-16(11-7-14)15-8-4-13(2)5-9-15/h4-11H,3,12H2,1-2H3. The second-order valence-corrected chi connectivity index (χ2v) is 4.20. The van der Waals surface area contributed by atoms with E-state index in [4.69, 9.17) is 4.74 Å². The van der Waals surface area contributed by atoms with Crippen molar-refractivity contribution in [2.45, 2.75) is 20.5 Å². The van der Waals surface area contributed by atoms with Crippen molar-refractivity contribution in [2.24, 2.45) is 0 Å². The Balaban J connectivity index is 2.14. The van der Waals surface area contributed by atoms with Crippen molar-refractivity contribution in [3.05, 3.63) is 59.7 Å². The zero-order chi connectivity index (χ0) is 12.1. The highest BCUT2D eigenvalue weighted by molar-refractivity contribution is 5.63. The molecule has 0 atom stereocenters. The molecule has 1 nitrogen and oxygen atoms in total. The van der Waals surface area contributed by atoms with E-state index in [2.05, 4.69) is 55.5 Å². The fourth-order valence-corrected chi connectivity index (χ4v) is 1.76. The topological polar surface area (TPSA) is 9.23 Å². The van der Waals surface area contributed by atoms with Crippen LogP contribution in [-0.2, 0) is 11.3 Å². The summed E-state index contributed by atoms with van der Waals surface area (Å²) in [6, 6.07) is 17.2. The summed E-state index contributed by atoms with van der Waals surface area (Å²) >= 11 is 0. The number of hydrogen-bond acceptors (Lipinski definition) is 1. The molecule has 0 saturated heterocycles. The predicted octanol–water partition coefficient (Wildman–Crippen LogP) is 4.20. The molecule has 0 amide bonds. The minimum Gasteiger partial charge on any atom is -0.377 e. The average molecular weight is 226 g/mol. The zero-order valence-corrected chi connectivity index (χ0v) is 10.4. The Morgan fingerprint density at radius 2 is 1.35 bits per heavy atom. The molecule has 0 saturated carbocycles. The SMILES string of the molecule is CCOCc1ccc(-c2ccc(C)cc2)cc1.